The van der Waals surface area contributed by atoms with Gasteiger partial charge in [-0.2, -0.15) is 0 Å². The lowest BCUT2D eigenvalue weighted by Crippen LogP contribution is -2.38. The van der Waals surface area contributed by atoms with Crippen molar-refractivity contribution in [1.29, 1.82) is 0 Å². The van der Waals surface area contributed by atoms with E-state index in [-0.39, 0.29) is 11.8 Å². The zero-order valence-electron chi connectivity index (χ0n) is 15.0. The molecular formula is C20H25NO4S. The van der Waals surface area contributed by atoms with Crippen LogP contribution in [0.25, 0.3) is 0 Å². The molecule has 3 aliphatic carbocycles. The zero-order chi connectivity index (χ0) is 17.7. The molecule has 1 amide bonds. The van der Waals surface area contributed by atoms with Crippen molar-refractivity contribution in [1.82, 2.24) is 5.32 Å². The third-order valence-electron chi connectivity index (χ3n) is 6.00. The van der Waals surface area contributed by atoms with Gasteiger partial charge in [-0.1, -0.05) is 0 Å². The molecule has 0 radical (unpaired) electrons. The van der Waals surface area contributed by atoms with Crippen LogP contribution in [-0.4, -0.2) is 37.2 Å². The summed E-state index contributed by atoms with van der Waals surface area (Å²) in [6.45, 7) is 1.99. The molecule has 1 N–H and O–H groups in total. The Bertz CT molecular complexity index is 741. The molecule has 3 fully saturated rings. The molecule has 1 spiro atoms. The molecule has 5 nitrogen and oxygen atoms in total. The quantitative estimate of drug-likeness (QED) is 0.830. The van der Waals surface area contributed by atoms with Crippen LogP contribution in [0.1, 0.15) is 57.8 Å². The number of ketones is 1. The molecule has 2 saturated carbocycles. The van der Waals surface area contributed by atoms with E-state index in [2.05, 4.69) is 5.32 Å². The minimum absolute atomic E-state index is 0.0111. The van der Waals surface area contributed by atoms with Gasteiger partial charge in [-0.3, -0.25) is 9.59 Å². The molecule has 0 bridgehead atoms. The predicted octanol–water partition coefficient (Wildman–Crippen LogP) is 2.64. The third kappa shape index (κ3) is 3.23. The van der Waals surface area contributed by atoms with Crippen molar-refractivity contribution in [3.8, 4) is 0 Å². The monoisotopic (exact) mass is 375 g/mol. The summed E-state index contributed by atoms with van der Waals surface area (Å²) in [5.74, 6) is 0.588. The van der Waals surface area contributed by atoms with Crippen molar-refractivity contribution in [2.24, 2.45) is 11.8 Å². The normalized spacial score (nSPS) is 23.8. The summed E-state index contributed by atoms with van der Waals surface area (Å²) in [5.41, 5.74) is 1.81. The van der Waals surface area contributed by atoms with Gasteiger partial charge in [0, 0.05) is 41.5 Å². The number of Topliss-reactive ketones (excluding diaryl/α,β-unsaturated/α-hetero) is 1. The molecule has 1 aromatic rings. The second-order valence-corrected chi connectivity index (χ2v) is 9.35. The fourth-order valence-corrected chi connectivity index (χ4v) is 5.44. The highest BCUT2D eigenvalue weighted by molar-refractivity contribution is 7.12. The molecule has 26 heavy (non-hydrogen) atoms. The topological polar surface area (TPSA) is 64.6 Å². The van der Waals surface area contributed by atoms with Crippen LogP contribution in [-0.2, 0) is 33.5 Å². The predicted molar refractivity (Wildman–Crippen MR) is 97.5 cm³/mol. The Morgan fingerprint density at radius 1 is 1.15 bits per heavy atom. The Morgan fingerprint density at radius 3 is 2.62 bits per heavy atom. The second kappa shape index (κ2) is 6.43. The van der Waals surface area contributed by atoms with Gasteiger partial charge in [0.15, 0.2) is 5.79 Å². The molecule has 0 aromatic carbocycles. The minimum atomic E-state index is -0.558. The van der Waals surface area contributed by atoms with Crippen molar-refractivity contribution >= 4 is 23.0 Å². The van der Waals surface area contributed by atoms with Crippen LogP contribution in [0.2, 0.25) is 0 Å². The molecule has 2 heterocycles. The fourth-order valence-electron chi connectivity index (χ4n) is 4.11. The average Bonchev–Trinajstić information content (AvgIpc) is 3.55. The number of hydrogen-bond acceptors (Lipinski definition) is 5. The SMILES string of the molecule is O=C(NCC1CC1)c1c(CC(=O)C2CC2)sc2c1CC1(CC2)OCCO1. The largest absolute Gasteiger partial charge is 0.352 e. The van der Waals surface area contributed by atoms with E-state index in [1.807, 2.05) is 0 Å². The van der Waals surface area contributed by atoms with Gasteiger partial charge in [0.1, 0.15) is 5.78 Å². The average molecular weight is 375 g/mol. The van der Waals surface area contributed by atoms with E-state index in [0.717, 1.165) is 48.2 Å². The van der Waals surface area contributed by atoms with Gasteiger partial charge in [0.25, 0.3) is 5.91 Å². The summed E-state index contributed by atoms with van der Waals surface area (Å²) >= 11 is 1.66. The Kier molecular flexibility index (Phi) is 4.18. The number of aryl methyl sites for hydroxylation is 1. The molecule has 5 rings (SSSR count). The van der Waals surface area contributed by atoms with Crippen LogP contribution in [0.5, 0.6) is 0 Å². The van der Waals surface area contributed by atoms with Gasteiger partial charge in [-0.15, -0.1) is 11.3 Å². The fraction of sp³-hybridized carbons (Fsp3) is 0.700. The first kappa shape index (κ1) is 16.9. The Balaban J connectivity index is 1.44. The van der Waals surface area contributed by atoms with Crippen molar-refractivity contribution in [2.75, 3.05) is 19.8 Å². The smallest absolute Gasteiger partial charge is 0.252 e. The number of hydrogen-bond donors (Lipinski definition) is 1. The number of carbonyl (C=O) groups is 2. The summed E-state index contributed by atoms with van der Waals surface area (Å²) in [6, 6.07) is 0. The highest BCUT2D eigenvalue weighted by Gasteiger charge is 2.43. The Hall–Kier alpha value is -1.24. The van der Waals surface area contributed by atoms with E-state index >= 15 is 0 Å². The van der Waals surface area contributed by atoms with Gasteiger partial charge in [0.05, 0.1) is 18.8 Å². The number of fused-ring (bicyclic) bond motifs is 1. The first-order chi connectivity index (χ1) is 12.6. The summed E-state index contributed by atoms with van der Waals surface area (Å²) in [7, 11) is 0. The molecule has 0 unspecified atom stereocenters. The Morgan fingerprint density at radius 2 is 1.92 bits per heavy atom. The first-order valence-electron chi connectivity index (χ1n) is 9.86. The van der Waals surface area contributed by atoms with E-state index in [1.165, 1.54) is 17.7 Å². The molecule has 0 atom stereocenters. The lowest BCUT2D eigenvalue weighted by Gasteiger charge is -2.31. The zero-order valence-corrected chi connectivity index (χ0v) is 15.8. The summed E-state index contributed by atoms with van der Waals surface area (Å²) in [5, 5.41) is 3.11. The molecule has 6 heteroatoms. The number of carbonyl (C=O) groups excluding carboxylic acids is 2. The van der Waals surface area contributed by atoms with Crippen LogP contribution in [0.3, 0.4) is 0 Å². The molecule has 4 aliphatic rings. The van der Waals surface area contributed by atoms with E-state index in [0.29, 0.717) is 37.8 Å². The van der Waals surface area contributed by atoms with Gasteiger partial charge in [0.2, 0.25) is 0 Å². The van der Waals surface area contributed by atoms with Crippen LogP contribution in [0.15, 0.2) is 0 Å². The van der Waals surface area contributed by atoms with Crippen molar-refractivity contribution in [3.63, 3.8) is 0 Å². The van der Waals surface area contributed by atoms with Crippen molar-refractivity contribution < 1.29 is 19.1 Å². The molecule has 140 valence electrons. The van der Waals surface area contributed by atoms with Crippen molar-refractivity contribution in [2.45, 2.75) is 57.2 Å². The highest BCUT2D eigenvalue weighted by Crippen LogP contribution is 2.42. The summed E-state index contributed by atoms with van der Waals surface area (Å²) < 4.78 is 11.8. The number of thiophene rings is 1. The van der Waals surface area contributed by atoms with Gasteiger partial charge >= 0.3 is 0 Å². The first-order valence-corrected chi connectivity index (χ1v) is 10.7. The maximum absolute atomic E-state index is 13.0. The summed E-state index contributed by atoms with van der Waals surface area (Å²) in [4.78, 5) is 27.6. The highest BCUT2D eigenvalue weighted by atomic mass is 32.1. The third-order valence-corrected chi connectivity index (χ3v) is 7.29. The van der Waals surface area contributed by atoms with Crippen LogP contribution in [0, 0.1) is 11.8 Å². The lowest BCUT2D eigenvalue weighted by molar-refractivity contribution is -0.163. The maximum Gasteiger partial charge on any atom is 0.252 e. The van der Waals surface area contributed by atoms with Gasteiger partial charge in [-0.25, -0.2) is 0 Å². The molecular weight excluding hydrogens is 350 g/mol. The maximum atomic E-state index is 13.0. The van der Waals surface area contributed by atoms with E-state index in [4.69, 9.17) is 9.47 Å². The van der Waals surface area contributed by atoms with E-state index in [1.54, 1.807) is 11.3 Å². The molecule has 1 aromatic heterocycles. The minimum Gasteiger partial charge on any atom is -0.352 e. The number of nitrogens with one attached hydrogen (secondary N) is 1. The van der Waals surface area contributed by atoms with Gasteiger partial charge < -0.3 is 14.8 Å². The standard InChI is InChI=1S/C20H25NO4S/c22-15(13-3-4-13)9-17-18(19(23)21-11-12-1-2-12)14-10-20(24-7-8-25-20)6-5-16(14)26-17/h12-13H,1-11H2,(H,21,23). The number of rotatable bonds is 6. The van der Waals surface area contributed by atoms with Crippen molar-refractivity contribution in [3.05, 3.63) is 20.9 Å². The molecule has 1 aliphatic heterocycles. The lowest BCUT2D eigenvalue weighted by atomic mass is 9.89. The van der Waals surface area contributed by atoms with Gasteiger partial charge in [-0.05, 0) is 43.6 Å². The number of amides is 1. The van der Waals surface area contributed by atoms with Crippen LogP contribution >= 0.6 is 11.3 Å². The van der Waals surface area contributed by atoms with E-state index in [9.17, 15) is 9.59 Å². The van der Waals surface area contributed by atoms with E-state index < -0.39 is 5.79 Å². The second-order valence-electron chi connectivity index (χ2n) is 8.16. The Labute approximate surface area is 157 Å². The van der Waals surface area contributed by atoms with Crippen LogP contribution in [0.4, 0.5) is 0 Å². The van der Waals surface area contributed by atoms with Crippen LogP contribution < -0.4 is 5.32 Å². The summed E-state index contributed by atoms with van der Waals surface area (Å²) in [6.07, 6.45) is 7.17. The molecule has 1 saturated heterocycles. The number of ether oxygens (including phenoxy) is 2.